The van der Waals surface area contributed by atoms with E-state index in [2.05, 4.69) is 5.32 Å². The molecule has 8 nitrogen and oxygen atoms in total. The first-order valence-corrected chi connectivity index (χ1v) is 13.1. The fourth-order valence-corrected chi connectivity index (χ4v) is 5.26. The summed E-state index contributed by atoms with van der Waals surface area (Å²) in [7, 11) is 1.52. The zero-order chi connectivity index (χ0) is 27.4. The third-order valence-electron chi connectivity index (χ3n) is 6.42. The average molecular weight is 540 g/mol. The predicted octanol–water partition coefficient (Wildman–Crippen LogP) is 3.94. The van der Waals surface area contributed by atoms with Crippen LogP contribution in [0.5, 0.6) is 5.75 Å². The summed E-state index contributed by atoms with van der Waals surface area (Å²) in [5.41, 5.74) is 2.84. The number of hydrogen-bond acceptors (Lipinski definition) is 6. The zero-order valence-corrected chi connectivity index (χ0v) is 21.9. The second-order valence-electron chi connectivity index (χ2n) is 8.94. The Labute approximate surface area is 227 Å². The minimum absolute atomic E-state index is 0.108. The summed E-state index contributed by atoms with van der Waals surface area (Å²) in [4.78, 5) is 50.8. The highest BCUT2D eigenvalue weighted by Crippen LogP contribution is 2.23. The molecule has 3 aromatic carbocycles. The number of nitrogens with zero attached hydrogens (tertiary/aromatic N) is 2. The van der Waals surface area contributed by atoms with Gasteiger partial charge in [-0.1, -0.05) is 42.5 Å². The van der Waals surface area contributed by atoms with E-state index in [0.29, 0.717) is 39.3 Å². The van der Waals surface area contributed by atoms with Gasteiger partial charge in [0.1, 0.15) is 16.7 Å². The van der Waals surface area contributed by atoms with E-state index in [1.807, 2.05) is 30.3 Å². The molecular weight excluding hydrogens is 514 g/mol. The summed E-state index contributed by atoms with van der Waals surface area (Å²) in [5, 5.41) is 4.67. The smallest absolute Gasteiger partial charge is 0.336 e. The molecular formula is C30H25N3O5S. The van der Waals surface area contributed by atoms with Crippen LogP contribution < -0.4 is 21.3 Å². The van der Waals surface area contributed by atoms with Crippen LogP contribution in [0.2, 0.25) is 0 Å². The number of benzene rings is 3. The van der Waals surface area contributed by atoms with Crippen LogP contribution in [0, 0.1) is 0 Å². The largest absolute Gasteiger partial charge is 0.496 e. The van der Waals surface area contributed by atoms with Gasteiger partial charge in [-0.3, -0.25) is 19.0 Å². The summed E-state index contributed by atoms with van der Waals surface area (Å²) in [6, 6.07) is 23.2. The monoisotopic (exact) mass is 539 g/mol. The summed E-state index contributed by atoms with van der Waals surface area (Å²) >= 11 is 1.26. The van der Waals surface area contributed by atoms with Gasteiger partial charge in [0.05, 0.1) is 31.3 Å². The number of hydrogen-bond donors (Lipinski definition) is 1. The first kappa shape index (κ1) is 25.9. The van der Waals surface area contributed by atoms with Crippen molar-refractivity contribution < 1.29 is 14.3 Å². The second kappa shape index (κ2) is 11.3. The number of rotatable bonds is 9. The van der Waals surface area contributed by atoms with Crippen molar-refractivity contribution in [2.24, 2.45) is 0 Å². The first-order valence-electron chi connectivity index (χ1n) is 12.2. The van der Waals surface area contributed by atoms with Gasteiger partial charge in [-0.05, 0) is 52.9 Å². The van der Waals surface area contributed by atoms with Gasteiger partial charge in [0, 0.05) is 17.7 Å². The van der Waals surface area contributed by atoms with E-state index in [1.54, 1.807) is 53.9 Å². The van der Waals surface area contributed by atoms with Crippen LogP contribution in [-0.2, 0) is 24.3 Å². The standard InChI is InChI=1S/C30H25N3O5S/c1-38-26-12-9-22(19-34)15-23(26)18-32-25-13-14-39-28(25)29(36)33(30(32)37)24-10-7-20(8-11-24)16-27(35)31-17-21-5-3-2-4-6-21/h2-15,19H,16-18H2,1H3,(H,31,35). The van der Waals surface area contributed by atoms with E-state index in [4.69, 9.17) is 4.74 Å². The normalized spacial score (nSPS) is 10.9. The molecule has 0 radical (unpaired) electrons. The van der Waals surface area contributed by atoms with Gasteiger partial charge >= 0.3 is 5.69 Å². The molecule has 0 aliphatic rings. The lowest BCUT2D eigenvalue weighted by Crippen LogP contribution is -2.38. The van der Waals surface area contributed by atoms with Crippen LogP contribution in [0.15, 0.2) is 93.8 Å². The van der Waals surface area contributed by atoms with Crippen LogP contribution >= 0.6 is 11.3 Å². The Morgan fingerprint density at radius 1 is 0.974 bits per heavy atom. The molecule has 0 saturated heterocycles. The number of aldehydes is 1. The molecule has 0 atom stereocenters. The maximum Gasteiger partial charge on any atom is 0.336 e. The molecule has 0 saturated carbocycles. The van der Waals surface area contributed by atoms with Crippen molar-refractivity contribution >= 4 is 33.7 Å². The van der Waals surface area contributed by atoms with Gasteiger partial charge < -0.3 is 10.1 Å². The number of methoxy groups -OCH3 is 1. The van der Waals surface area contributed by atoms with E-state index in [1.165, 1.54) is 23.0 Å². The first-order chi connectivity index (χ1) is 19.0. The molecule has 2 heterocycles. The highest BCUT2D eigenvalue weighted by molar-refractivity contribution is 7.17. The summed E-state index contributed by atoms with van der Waals surface area (Å²) in [6.07, 6.45) is 0.902. The molecule has 5 rings (SSSR count). The fraction of sp³-hybridized carbons (Fsp3) is 0.133. The molecule has 2 aromatic heterocycles. The van der Waals surface area contributed by atoms with Gasteiger partial charge in [-0.2, -0.15) is 0 Å². The van der Waals surface area contributed by atoms with Gasteiger partial charge in [0.2, 0.25) is 5.91 Å². The fourth-order valence-electron chi connectivity index (χ4n) is 4.44. The van der Waals surface area contributed by atoms with Crippen molar-refractivity contribution in [3.05, 3.63) is 127 Å². The molecule has 0 unspecified atom stereocenters. The highest BCUT2D eigenvalue weighted by Gasteiger charge is 2.17. The number of carbonyl (C=O) groups excluding carboxylic acids is 2. The minimum atomic E-state index is -0.516. The lowest BCUT2D eigenvalue weighted by molar-refractivity contribution is -0.120. The Morgan fingerprint density at radius 2 is 1.74 bits per heavy atom. The number of fused-ring (bicyclic) bond motifs is 1. The number of aromatic nitrogens is 2. The number of ether oxygens (including phenoxy) is 1. The molecule has 9 heteroatoms. The predicted molar refractivity (Wildman–Crippen MR) is 151 cm³/mol. The van der Waals surface area contributed by atoms with E-state index in [-0.39, 0.29) is 18.9 Å². The van der Waals surface area contributed by atoms with Crippen LogP contribution in [0.1, 0.15) is 27.0 Å². The molecule has 1 amide bonds. The molecule has 5 aromatic rings. The molecule has 0 bridgehead atoms. The van der Waals surface area contributed by atoms with Crippen LogP contribution in [-0.4, -0.2) is 28.4 Å². The number of thiophene rings is 1. The average Bonchev–Trinajstić information content (AvgIpc) is 3.46. The number of carbonyl (C=O) groups is 2. The van der Waals surface area contributed by atoms with E-state index in [9.17, 15) is 19.2 Å². The maximum absolute atomic E-state index is 13.7. The molecule has 39 heavy (non-hydrogen) atoms. The lowest BCUT2D eigenvalue weighted by Gasteiger charge is -2.15. The molecule has 1 N–H and O–H groups in total. The van der Waals surface area contributed by atoms with Crippen molar-refractivity contribution in [2.45, 2.75) is 19.5 Å². The SMILES string of the molecule is COc1ccc(C=O)cc1Cn1c(=O)n(-c2ccc(CC(=O)NCc3ccccc3)cc2)c(=O)c2sccc21. The summed E-state index contributed by atoms with van der Waals surface area (Å²) in [5.74, 6) is 0.404. The van der Waals surface area contributed by atoms with Crippen molar-refractivity contribution in [3.63, 3.8) is 0 Å². The summed E-state index contributed by atoms with van der Waals surface area (Å²) in [6.45, 7) is 0.547. The Kier molecular flexibility index (Phi) is 7.51. The van der Waals surface area contributed by atoms with Gasteiger partial charge in [-0.25, -0.2) is 9.36 Å². The molecule has 0 aliphatic heterocycles. The van der Waals surface area contributed by atoms with Crippen molar-refractivity contribution in [2.75, 3.05) is 7.11 Å². The Bertz CT molecular complexity index is 1770. The third-order valence-corrected chi connectivity index (χ3v) is 7.31. The van der Waals surface area contributed by atoms with Gasteiger partial charge in [0.15, 0.2) is 0 Å². The Hall–Kier alpha value is -4.76. The highest BCUT2D eigenvalue weighted by atomic mass is 32.1. The number of nitrogens with one attached hydrogen (secondary N) is 1. The van der Waals surface area contributed by atoms with E-state index >= 15 is 0 Å². The Balaban J connectivity index is 1.45. The zero-order valence-electron chi connectivity index (χ0n) is 21.1. The lowest BCUT2D eigenvalue weighted by atomic mass is 10.1. The van der Waals surface area contributed by atoms with Crippen LogP contribution in [0.4, 0.5) is 0 Å². The van der Waals surface area contributed by atoms with Gasteiger partial charge in [-0.15, -0.1) is 11.3 Å². The van der Waals surface area contributed by atoms with Crippen molar-refractivity contribution in [1.82, 2.24) is 14.5 Å². The number of amides is 1. The Morgan fingerprint density at radius 3 is 2.46 bits per heavy atom. The van der Waals surface area contributed by atoms with Crippen LogP contribution in [0.25, 0.3) is 15.9 Å². The van der Waals surface area contributed by atoms with Crippen LogP contribution in [0.3, 0.4) is 0 Å². The minimum Gasteiger partial charge on any atom is -0.496 e. The quantitative estimate of drug-likeness (QED) is 0.286. The molecule has 0 fully saturated rings. The summed E-state index contributed by atoms with van der Waals surface area (Å²) < 4.78 is 8.52. The van der Waals surface area contributed by atoms with Crippen molar-refractivity contribution in [1.29, 1.82) is 0 Å². The third kappa shape index (κ3) is 5.44. The molecule has 0 aliphatic carbocycles. The molecule has 196 valence electrons. The van der Waals surface area contributed by atoms with E-state index < -0.39 is 11.2 Å². The topological polar surface area (TPSA) is 99.4 Å². The second-order valence-corrected chi connectivity index (χ2v) is 9.86. The van der Waals surface area contributed by atoms with Crippen molar-refractivity contribution in [3.8, 4) is 11.4 Å². The van der Waals surface area contributed by atoms with Gasteiger partial charge in [0.25, 0.3) is 5.56 Å². The molecule has 0 spiro atoms. The van der Waals surface area contributed by atoms with E-state index in [0.717, 1.165) is 22.0 Å². The maximum atomic E-state index is 13.7.